The molecule has 0 atom stereocenters. The van der Waals surface area contributed by atoms with Crippen molar-refractivity contribution in [1.82, 2.24) is 0 Å². The van der Waals surface area contributed by atoms with Crippen molar-refractivity contribution in [1.29, 1.82) is 0 Å². The van der Waals surface area contributed by atoms with Crippen LogP contribution in [-0.4, -0.2) is 4.99 Å². The van der Waals surface area contributed by atoms with Crippen molar-refractivity contribution < 1.29 is 4.74 Å². The van der Waals surface area contributed by atoms with E-state index in [1.165, 1.54) is 16.7 Å². The minimum Gasteiger partial charge on any atom is -0.489 e. The fourth-order valence-corrected chi connectivity index (χ4v) is 2.41. The van der Waals surface area contributed by atoms with Gasteiger partial charge in [0.15, 0.2) is 0 Å². The molecule has 20 heavy (non-hydrogen) atoms. The zero-order valence-electron chi connectivity index (χ0n) is 11.4. The minimum atomic E-state index is 0.288. The maximum atomic E-state index is 6.12. The lowest BCUT2D eigenvalue weighted by Crippen LogP contribution is -2.10. The molecule has 0 amide bonds. The summed E-state index contributed by atoms with van der Waals surface area (Å²) in [6.45, 7) is 4.65. The van der Waals surface area contributed by atoms with Crippen LogP contribution in [-0.2, 0) is 6.61 Å². The first-order valence-electron chi connectivity index (χ1n) is 6.25. The van der Waals surface area contributed by atoms with Crippen LogP contribution in [0.5, 0.6) is 5.75 Å². The quantitative estimate of drug-likeness (QED) is 0.861. The Bertz CT molecular complexity index is 655. The van der Waals surface area contributed by atoms with Gasteiger partial charge >= 0.3 is 0 Å². The second-order valence-electron chi connectivity index (χ2n) is 4.72. The van der Waals surface area contributed by atoms with Crippen molar-refractivity contribution >= 4 is 28.8 Å². The molecule has 2 aromatic carbocycles. The highest BCUT2D eigenvalue weighted by Crippen LogP contribution is 2.23. The van der Waals surface area contributed by atoms with Gasteiger partial charge in [-0.15, -0.1) is 0 Å². The molecule has 0 spiro atoms. The first-order chi connectivity index (χ1) is 9.47. The van der Waals surface area contributed by atoms with Gasteiger partial charge in [0.1, 0.15) is 17.3 Å². The van der Waals surface area contributed by atoms with E-state index in [9.17, 15) is 0 Å². The summed E-state index contributed by atoms with van der Waals surface area (Å²) >= 11 is 11.0. The van der Waals surface area contributed by atoms with Crippen LogP contribution >= 0.6 is 23.8 Å². The average molecular weight is 306 g/mol. The predicted molar refractivity (Wildman–Crippen MR) is 87.6 cm³/mol. The number of halogens is 1. The number of ether oxygens (including phenoxy) is 1. The van der Waals surface area contributed by atoms with Gasteiger partial charge in [0, 0.05) is 5.56 Å². The maximum absolute atomic E-state index is 6.12. The molecule has 0 aliphatic rings. The third-order valence-electron chi connectivity index (χ3n) is 3.10. The van der Waals surface area contributed by atoms with Crippen molar-refractivity contribution in [2.75, 3.05) is 0 Å². The smallest absolute Gasteiger partial charge is 0.121 e. The molecular weight excluding hydrogens is 290 g/mol. The van der Waals surface area contributed by atoms with Gasteiger partial charge in [-0.05, 0) is 43.2 Å². The Balaban J connectivity index is 2.13. The summed E-state index contributed by atoms with van der Waals surface area (Å²) < 4.78 is 5.77. The van der Waals surface area contributed by atoms with Crippen LogP contribution in [0.3, 0.4) is 0 Å². The molecule has 0 aliphatic heterocycles. The zero-order chi connectivity index (χ0) is 14.7. The lowest BCUT2D eigenvalue weighted by atomic mass is 10.1. The van der Waals surface area contributed by atoms with Crippen molar-refractivity contribution in [3.8, 4) is 5.75 Å². The maximum Gasteiger partial charge on any atom is 0.121 e. The summed E-state index contributed by atoms with van der Waals surface area (Å²) in [7, 11) is 0. The van der Waals surface area contributed by atoms with E-state index in [1.54, 1.807) is 12.1 Å². The number of nitrogens with two attached hydrogens (primary N) is 1. The van der Waals surface area contributed by atoms with Crippen molar-refractivity contribution in [3.05, 3.63) is 63.7 Å². The standard InChI is InChI=1S/C16H16ClNOS/c1-10-3-4-11(2)12(7-10)9-19-13-5-6-14(16(18)20)15(17)8-13/h3-8H,9H2,1-2H3,(H2,18,20). The van der Waals surface area contributed by atoms with E-state index in [0.717, 1.165) is 0 Å². The minimum absolute atomic E-state index is 0.288. The molecule has 2 rings (SSSR count). The van der Waals surface area contributed by atoms with Crippen LogP contribution < -0.4 is 10.5 Å². The van der Waals surface area contributed by atoms with E-state index < -0.39 is 0 Å². The van der Waals surface area contributed by atoms with Gasteiger partial charge in [-0.2, -0.15) is 0 Å². The number of hydrogen-bond acceptors (Lipinski definition) is 2. The van der Waals surface area contributed by atoms with Gasteiger partial charge in [0.25, 0.3) is 0 Å². The van der Waals surface area contributed by atoms with Crippen LogP contribution in [0.4, 0.5) is 0 Å². The van der Waals surface area contributed by atoms with Gasteiger partial charge in [-0.1, -0.05) is 47.6 Å². The Morgan fingerprint density at radius 1 is 1.20 bits per heavy atom. The van der Waals surface area contributed by atoms with Crippen LogP contribution in [0, 0.1) is 13.8 Å². The van der Waals surface area contributed by atoms with E-state index in [-0.39, 0.29) is 4.99 Å². The molecule has 0 aromatic heterocycles. The van der Waals surface area contributed by atoms with E-state index in [4.69, 9.17) is 34.3 Å². The summed E-state index contributed by atoms with van der Waals surface area (Å²) in [6.07, 6.45) is 0. The lowest BCUT2D eigenvalue weighted by Gasteiger charge is -2.11. The molecule has 104 valence electrons. The Morgan fingerprint density at radius 2 is 1.95 bits per heavy atom. The third-order valence-corrected chi connectivity index (χ3v) is 3.64. The van der Waals surface area contributed by atoms with E-state index in [0.29, 0.717) is 22.9 Å². The Labute approximate surface area is 129 Å². The number of thiocarbonyl (C=S) groups is 1. The summed E-state index contributed by atoms with van der Waals surface area (Å²) in [4.78, 5) is 0.288. The van der Waals surface area contributed by atoms with Gasteiger partial charge in [-0.25, -0.2) is 0 Å². The highest BCUT2D eigenvalue weighted by Gasteiger charge is 2.06. The molecule has 0 saturated carbocycles. The van der Waals surface area contributed by atoms with E-state index >= 15 is 0 Å². The normalized spacial score (nSPS) is 10.3. The van der Waals surface area contributed by atoms with Crippen LogP contribution in [0.25, 0.3) is 0 Å². The molecule has 4 heteroatoms. The highest BCUT2D eigenvalue weighted by molar-refractivity contribution is 7.80. The number of aryl methyl sites for hydroxylation is 2. The first kappa shape index (κ1) is 14.8. The molecule has 0 saturated heterocycles. The first-order valence-corrected chi connectivity index (χ1v) is 7.04. The van der Waals surface area contributed by atoms with Crippen molar-refractivity contribution in [3.63, 3.8) is 0 Å². The predicted octanol–water partition coefficient (Wildman–Crippen LogP) is 4.17. The number of hydrogen-bond donors (Lipinski definition) is 1. The molecule has 0 bridgehead atoms. The number of rotatable bonds is 4. The second kappa shape index (κ2) is 6.25. The number of benzene rings is 2. The molecule has 0 unspecified atom stereocenters. The van der Waals surface area contributed by atoms with Gasteiger partial charge < -0.3 is 10.5 Å². The second-order valence-corrected chi connectivity index (χ2v) is 5.57. The Morgan fingerprint density at radius 3 is 2.60 bits per heavy atom. The topological polar surface area (TPSA) is 35.2 Å². The monoisotopic (exact) mass is 305 g/mol. The lowest BCUT2D eigenvalue weighted by molar-refractivity contribution is 0.305. The zero-order valence-corrected chi connectivity index (χ0v) is 13.0. The van der Waals surface area contributed by atoms with Gasteiger partial charge in [0.05, 0.1) is 5.02 Å². The van der Waals surface area contributed by atoms with E-state index in [2.05, 4.69) is 32.0 Å². The van der Waals surface area contributed by atoms with E-state index in [1.807, 2.05) is 6.07 Å². The molecule has 2 N–H and O–H groups in total. The molecule has 2 aromatic rings. The summed E-state index contributed by atoms with van der Waals surface area (Å²) in [5.41, 5.74) is 9.83. The molecule has 0 fully saturated rings. The third kappa shape index (κ3) is 3.50. The Hall–Kier alpha value is -1.58. The summed E-state index contributed by atoms with van der Waals surface area (Å²) in [5.74, 6) is 0.705. The van der Waals surface area contributed by atoms with Crippen LogP contribution in [0.15, 0.2) is 36.4 Å². The van der Waals surface area contributed by atoms with Gasteiger partial charge in [0.2, 0.25) is 0 Å². The van der Waals surface area contributed by atoms with Gasteiger partial charge in [-0.3, -0.25) is 0 Å². The SMILES string of the molecule is Cc1ccc(C)c(COc2ccc(C(N)=S)c(Cl)c2)c1. The average Bonchev–Trinajstić information content (AvgIpc) is 2.39. The molecule has 0 aliphatic carbocycles. The highest BCUT2D eigenvalue weighted by atomic mass is 35.5. The molecule has 0 radical (unpaired) electrons. The Kier molecular flexibility index (Phi) is 4.63. The molecule has 2 nitrogen and oxygen atoms in total. The van der Waals surface area contributed by atoms with Crippen LogP contribution in [0.1, 0.15) is 22.3 Å². The van der Waals surface area contributed by atoms with Crippen molar-refractivity contribution in [2.45, 2.75) is 20.5 Å². The van der Waals surface area contributed by atoms with Crippen LogP contribution in [0.2, 0.25) is 5.02 Å². The molecule has 0 heterocycles. The fourth-order valence-electron chi connectivity index (χ4n) is 1.90. The largest absolute Gasteiger partial charge is 0.489 e. The summed E-state index contributed by atoms with van der Waals surface area (Å²) in [5, 5.41) is 0.510. The fraction of sp³-hybridized carbons (Fsp3) is 0.188. The van der Waals surface area contributed by atoms with Crippen molar-refractivity contribution in [2.24, 2.45) is 5.73 Å². The summed E-state index contributed by atoms with van der Waals surface area (Å²) in [6, 6.07) is 11.7. The molecular formula is C16H16ClNOS.